The molecule has 1 aromatic heterocycles. The number of hydrogen-bond donors (Lipinski definition) is 1. The van der Waals surface area contributed by atoms with Crippen molar-refractivity contribution in [3.8, 4) is 0 Å². The Morgan fingerprint density at radius 2 is 2.24 bits per heavy atom. The minimum Gasteiger partial charge on any atom is -0.364 e. The summed E-state index contributed by atoms with van der Waals surface area (Å²) in [5.41, 5.74) is 0.839. The molecular weight excluding hydrogens is 216 g/mol. The molecule has 1 aliphatic rings. The highest BCUT2D eigenvalue weighted by molar-refractivity contribution is 5.94. The molecule has 1 saturated heterocycles. The molecule has 1 fully saturated rings. The van der Waals surface area contributed by atoms with Crippen LogP contribution in [0.4, 0.5) is 0 Å². The average Bonchev–Trinajstić information content (AvgIpc) is 2.29. The molecular formula is C13H18N2O2. The fourth-order valence-corrected chi connectivity index (χ4v) is 2.29. The van der Waals surface area contributed by atoms with E-state index in [1.165, 1.54) is 12.3 Å². The number of aromatic amines is 1. The molecule has 1 aliphatic heterocycles. The monoisotopic (exact) mass is 234 g/mol. The van der Waals surface area contributed by atoms with Gasteiger partial charge < -0.3 is 9.88 Å². The summed E-state index contributed by atoms with van der Waals surface area (Å²) in [7, 11) is 0. The van der Waals surface area contributed by atoms with Crippen LogP contribution in [0, 0.1) is 6.92 Å². The van der Waals surface area contributed by atoms with E-state index in [1.54, 1.807) is 6.92 Å². The minimum absolute atomic E-state index is 0.140. The van der Waals surface area contributed by atoms with E-state index in [0.29, 0.717) is 0 Å². The maximum absolute atomic E-state index is 12.2. The molecule has 0 saturated carbocycles. The van der Waals surface area contributed by atoms with Crippen molar-refractivity contribution in [2.75, 3.05) is 6.54 Å². The Morgan fingerprint density at radius 3 is 2.88 bits per heavy atom. The summed E-state index contributed by atoms with van der Waals surface area (Å²) in [6, 6.07) is 1.71. The van der Waals surface area contributed by atoms with Crippen LogP contribution in [0.1, 0.15) is 42.2 Å². The van der Waals surface area contributed by atoms with Gasteiger partial charge in [0.05, 0.1) is 0 Å². The van der Waals surface area contributed by atoms with Gasteiger partial charge in [0.15, 0.2) is 5.43 Å². The van der Waals surface area contributed by atoms with E-state index in [0.717, 1.165) is 31.5 Å². The first-order chi connectivity index (χ1) is 8.09. The van der Waals surface area contributed by atoms with Crippen LogP contribution in [0.3, 0.4) is 0 Å². The largest absolute Gasteiger partial charge is 0.364 e. The second kappa shape index (κ2) is 4.73. The Morgan fingerprint density at radius 1 is 1.47 bits per heavy atom. The van der Waals surface area contributed by atoms with E-state index in [4.69, 9.17) is 0 Å². The molecule has 0 bridgehead atoms. The number of piperidine rings is 1. The molecule has 1 aromatic rings. The van der Waals surface area contributed by atoms with Gasteiger partial charge in [0, 0.05) is 30.5 Å². The summed E-state index contributed by atoms with van der Waals surface area (Å²) in [4.78, 5) is 28.7. The Labute approximate surface area is 101 Å². The Hall–Kier alpha value is -1.58. The standard InChI is InChI=1S/C13H18N2O2/c1-9-7-12(16)11(8-14-9)13(17)15-6-4-3-5-10(15)2/h7-8,10H,3-6H2,1-2H3,(H,14,16). The number of likely N-dealkylation sites (tertiary alicyclic amines) is 1. The maximum Gasteiger partial charge on any atom is 0.259 e. The highest BCUT2D eigenvalue weighted by Gasteiger charge is 2.25. The Balaban J connectivity index is 2.27. The molecule has 1 amide bonds. The maximum atomic E-state index is 12.2. The lowest BCUT2D eigenvalue weighted by molar-refractivity contribution is 0.0634. The van der Waals surface area contributed by atoms with Gasteiger partial charge in [-0.3, -0.25) is 9.59 Å². The van der Waals surface area contributed by atoms with Crippen LogP contribution in [0.25, 0.3) is 0 Å². The first kappa shape index (κ1) is 11.9. The van der Waals surface area contributed by atoms with E-state index < -0.39 is 0 Å². The first-order valence-corrected chi connectivity index (χ1v) is 6.10. The molecule has 1 unspecified atom stereocenters. The number of pyridine rings is 1. The number of rotatable bonds is 1. The average molecular weight is 234 g/mol. The molecule has 1 N–H and O–H groups in total. The van der Waals surface area contributed by atoms with Gasteiger partial charge in [-0.2, -0.15) is 0 Å². The summed E-state index contributed by atoms with van der Waals surface area (Å²) in [6.07, 6.45) is 4.74. The van der Waals surface area contributed by atoms with Gasteiger partial charge in [-0.05, 0) is 33.1 Å². The number of carbonyl (C=O) groups is 1. The smallest absolute Gasteiger partial charge is 0.259 e. The predicted molar refractivity (Wildman–Crippen MR) is 66.1 cm³/mol. The van der Waals surface area contributed by atoms with Crippen molar-refractivity contribution >= 4 is 5.91 Å². The molecule has 92 valence electrons. The fraction of sp³-hybridized carbons (Fsp3) is 0.538. The number of nitrogens with zero attached hydrogens (tertiary/aromatic N) is 1. The second-order valence-corrected chi connectivity index (χ2v) is 4.74. The quantitative estimate of drug-likeness (QED) is 0.804. The topological polar surface area (TPSA) is 53.2 Å². The van der Waals surface area contributed by atoms with Gasteiger partial charge in [0.2, 0.25) is 0 Å². The molecule has 4 nitrogen and oxygen atoms in total. The van der Waals surface area contributed by atoms with Crippen molar-refractivity contribution in [3.05, 3.63) is 33.7 Å². The fourth-order valence-electron chi connectivity index (χ4n) is 2.29. The van der Waals surface area contributed by atoms with Crippen LogP contribution in [0.15, 0.2) is 17.1 Å². The molecule has 4 heteroatoms. The molecule has 1 atom stereocenters. The van der Waals surface area contributed by atoms with Crippen LogP contribution in [0.5, 0.6) is 0 Å². The Kier molecular flexibility index (Phi) is 3.31. The third-order valence-corrected chi connectivity index (χ3v) is 3.35. The van der Waals surface area contributed by atoms with Crippen molar-refractivity contribution < 1.29 is 4.79 Å². The highest BCUT2D eigenvalue weighted by atomic mass is 16.2. The van der Waals surface area contributed by atoms with Crippen molar-refractivity contribution in [1.82, 2.24) is 9.88 Å². The van der Waals surface area contributed by atoms with Crippen LogP contribution >= 0.6 is 0 Å². The number of H-pyrrole nitrogens is 1. The zero-order valence-corrected chi connectivity index (χ0v) is 10.3. The van der Waals surface area contributed by atoms with E-state index in [9.17, 15) is 9.59 Å². The molecule has 2 heterocycles. The lowest BCUT2D eigenvalue weighted by Crippen LogP contribution is -2.43. The lowest BCUT2D eigenvalue weighted by Gasteiger charge is -2.33. The number of aromatic nitrogens is 1. The normalized spacial score (nSPS) is 20.4. The second-order valence-electron chi connectivity index (χ2n) is 4.74. The van der Waals surface area contributed by atoms with Gasteiger partial charge in [-0.25, -0.2) is 0 Å². The third kappa shape index (κ3) is 2.40. The summed E-state index contributed by atoms with van der Waals surface area (Å²) in [5, 5.41) is 0. The van der Waals surface area contributed by atoms with Gasteiger partial charge >= 0.3 is 0 Å². The number of nitrogens with one attached hydrogen (secondary N) is 1. The third-order valence-electron chi connectivity index (χ3n) is 3.35. The number of hydrogen-bond acceptors (Lipinski definition) is 2. The number of amides is 1. The van der Waals surface area contributed by atoms with Crippen LogP contribution in [-0.2, 0) is 0 Å². The molecule has 0 aromatic carbocycles. The van der Waals surface area contributed by atoms with Gasteiger partial charge in [-0.15, -0.1) is 0 Å². The van der Waals surface area contributed by atoms with Crippen molar-refractivity contribution in [2.45, 2.75) is 39.2 Å². The zero-order chi connectivity index (χ0) is 12.4. The van der Waals surface area contributed by atoms with Gasteiger partial charge in [0.25, 0.3) is 5.91 Å². The predicted octanol–water partition coefficient (Wildman–Crippen LogP) is 1.70. The minimum atomic E-state index is -0.191. The zero-order valence-electron chi connectivity index (χ0n) is 10.3. The summed E-state index contributed by atoms with van der Waals surface area (Å²) in [6.45, 7) is 4.60. The van der Waals surface area contributed by atoms with E-state index in [2.05, 4.69) is 4.98 Å². The summed E-state index contributed by atoms with van der Waals surface area (Å²) < 4.78 is 0. The van der Waals surface area contributed by atoms with Crippen molar-refractivity contribution in [3.63, 3.8) is 0 Å². The molecule has 17 heavy (non-hydrogen) atoms. The lowest BCUT2D eigenvalue weighted by atomic mass is 10.0. The van der Waals surface area contributed by atoms with E-state index in [-0.39, 0.29) is 22.9 Å². The number of aryl methyl sites for hydroxylation is 1. The molecule has 0 aliphatic carbocycles. The molecule has 0 radical (unpaired) electrons. The molecule has 0 spiro atoms. The summed E-state index contributed by atoms with van der Waals surface area (Å²) >= 11 is 0. The SMILES string of the molecule is Cc1cc(=O)c(C(=O)N2CCCCC2C)c[nH]1. The number of carbonyl (C=O) groups excluding carboxylic acids is 1. The van der Waals surface area contributed by atoms with Gasteiger partial charge in [0.1, 0.15) is 5.56 Å². The Bertz CT molecular complexity index is 479. The van der Waals surface area contributed by atoms with Gasteiger partial charge in [-0.1, -0.05) is 0 Å². The van der Waals surface area contributed by atoms with Crippen molar-refractivity contribution in [1.29, 1.82) is 0 Å². The first-order valence-electron chi connectivity index (χ1n) is 6.10. The van der Waals surface area contributed by atoms with Crippen LogP contribution in [-0.4, -0.2) is 28.4 Å². The van der Waals surface area contributed by atoms with Crippen LogP contribution in [0.2, 0.25) is 0 Å². The highest BCUT2D eigenvalue weighted by Crippen LogP contribution is 2.17. The molecule has 2 rings (SSSR count). The van der Waals surface area contributed by atoms with Crippen molar-refractivity contribution in [2.24, 2.45) is 0 Å². The summed E-state index contributed by atoms with van der Waals surface area (Å²) in [5.74, 6) is -0.140. The van der Waals surface area contributed by atoms with Crippen LogP contribution < -0.4 is 5.43 Å². The van der Waals surface area contributed by atoms with E-state index in [1.807, 2.05) is 11.8 Å². The van der Waals surface area contributed by atoms with E-state index >= 15 is 0 Å².